The molecular formula is C21H23ClN4O2. The molecular weight excluding hydrogens is 376 g/mol. The third kappa shape index (κ3) is 4.00. The summed E-state index contributed by atoms with van der Waals surface area (Å²) in [7, 11) is 0. The number of nitriles is 1. The minimum absolute atomic E-state index is 0. The first-order valence-corrected chi connectivity index (χ1v) is 9.15. The summed E-state index contributed by atoms with van der Waals surface area (Å²) in [6, 6.07) is 14.8. The number of imide groups is 1. The van der Waals surface area contributed by atoms with Crippen LogP contribution in [0.3, 0.4) is 0 Å². The minimum atomic E-state index is -0.931. The van der Waals surface area contributed by atoms with Gasteiger partial charge in [0.1, 0.15) is 5.92 Å². The fraction of sp³-hybridized carbons (Fsp3) is 0.333. The van der Waals surface area contributed by atoms with E-state index in [1.807, 2.05) is 42.5 Å². The number of amides is 2. The van der Waals surface area contributed by atoms with E-state index in [0.29, 0.717) is 0 Å². The van der Waals surface area contributed by atoms with Crippen molar-refractivity contribution in [3.05, 3.63) is 60.4 Å². The van der Waals surface area contributed by atoms with Gasteiger partial charge < -0.3 is 17.3 Å². The first-order valence-electron chi connectivity index (χ1n) is 9.15. The molecule has 1 aliphatic rings. The topological polar surface area (TPSA) is 77.1 Å². The van der Waals surface area contributed by atoms with Crippen molar-refractivity contribution in [3.8, 4) is 6.07 Å². The summed E-state index contributed by atoms with van der Waals surface area (Å²) in [5, 5.41) is 12.0. The van der Waals surface area contributed by atoms with Crippen molar-refractivity contribution >= 4 is 17.5 Å². The smallest absolute Gasteiger partial charge is 0.296 e. The number of hydrogen-bond acceptors (Lipinski definition) is 4. The molecule has 2 aromatic rings. The van der Waals surface area contributed by atoms with Crippen LogP contribution >= 0.6 is 0 Å². The normalized spacial score (nSPS) is 21.2. The summed E-state index contributed by atoms with van der Waals surface area (Å²) in [6.45, 7) is 5.97. The van der Waals surface area contributed by atoms with Crippen LogP contribution in [0.4, 0.5) is 5.69 Å². The van der Waals surface area contributed by atoms with Gasteiger partial charge >= 0.3 is 0 Å². The summed E-state index contributed by atoms with van der Waals surface area (Å²) >= 11 is 0. The van der Waals surface area contributed by atoms with Crippen LogP contribution in [0.2, 0.25) is 0 Å². The van der Waals surface area contributed by atoms with Gasteiger partial charge in [0.15, 0.2) is 12.4 Å². The SMILES string of the molecule is CCN(CC)c1ccc(C2C(C#N)C(=O)NC(=O)C2[n+]2ccccc2)cc1.[Cl-]. The van der Waals surface area contributed by atoms with Crippen LogP contribution in [0, 0.1) is 17.2 Å². The first kappa shape index (κ1) is 21.4. The molecule has 3 unspecified atom stereocenters. The molecule has 6 nitrogen and oxygen atoms in total. The number of carbonyl (C=O) groups excluding carboxylic acids is 2. The van der Waals surface area contributed by atoms with E-state index in [-0.39, 0.29) is 18.3 Å². The van der Waals surface area contributed by atoms with Crippen LogP contribution in [0.15, 0.2) is 54.9 Å². The minimum Gasteiger partial charge on any atom is -1.00 e. The number of aromatic nitrogens is 1. The molecule has 1 aliphatic heterocycles. The van der Waals surface area contributed by atoms with E-state index in [0.717, 1.165) is 24.3 Å². The number of halogens is 1. The molecule has 3 rings (SSSR count). The number of anilines is 1. The Morgan fingerprint density at radius 1 is 1.04 bits per heavy atom. The third-order valence-corrected chi connectivity index (χ3v) is 5.10. The molecule has 28 heavy (non-hydrogen) atoms. The van der Waals surface area contributed by atoms with Crippen molar-refractivity contribution in [2.24, 2.45) is 5.92 Å². The lowest BCUT2D eigenvalue weighted by Gasteiger charge is -2.30. The molecule has 1 saturated heterocycles. The van der Waals surface area contributed by atoms with Crippen LogP contribution in [-0.2, 0) is 9.59 Å². The van der Waals surface area contributed by atoms with E-state index >= 15 is 0 Å². The van der Waals surface area contributed by atoms with E-state index in [4.69, 9.17) is 0 Å². The van der Waals surface area contributed by atoms with Crippen LogP contribution < -0.4 is 27.2 Å². The Labute approximate surface area is 171 Å². The third-order valence-electron chi connectivity index (χ3n) is 5.10. The number of carbonyl (C=O) groups is 2. The Bertz CT molecular complexity index is 860. The molecule has 1 aromatic carbocycles. The van der Waals surface area contributed by atoms with Crippen molar-refractivity contribution in [3.63, 3.8) is 0 Å². The van der Waals surface area contributed by atoms with Gasteiger partial charge in [-0.1, -0.05) is 18.2 Å². The Hall–Kier alpha value is -2.91. The highest BCUT2D eigenvalue weighted by Gasteiger charge is 2.50. The lowest BCUT2D eigenvalue weighted by molar-refractivity contribution is -0.713. The Morgan fingerprint density at radius 2 is 1.64 bits per heavy atom. The van der Waals surface area contributed by atoms with Gasteiger partial charge in [-0.05, 0) is 31.5 Å². The van der Waals surface area contributed by atoms with Crippen molar-refractivity contribution in [2.45, 2.75) is 25.8 Å². The molecule has 1 aromatic heterocycles. The predicted molar refractivity (Wildman–Crippen MR) is 101 cm³/mol. The molecule has 7 heteroatoms. The highest BCUT2D eigenvalue weighted by molar-refractivity contribution is 6.02. The van der Waals surface area contributed by atoms with E-state index in [1.54, 1.807) is 17.0 Å². The molecule has 0 radical (unpaired) electrons. The van der Waals surface area contributed by atoms with E-state index < -0.39 is 23.8 Å². The van der Waals surface area contributed by atoms with Gasteiger partial charge in [-0.25, -0.2) is 0 Å². The fourth-order valence-corrected chi connectivity index (χ4v) is 3.71. The van der Waals surface area contributed by atoms with Gasteiger partial charge in [0.2, 0.25) is 11.9 Å². The second kappa shape index (κ2) is 9.34. The highest BCUT2D eigenvalue weighted by atomic mass is 35.5. The summed E-state index contributed by atoms with van der Waals surface area (Å²) in [5.41, 5.74) is 1.88. The van der Waals surface area contributed by atoms with E-state index in [2.05, 4.69) is 30.1 Å². The van der Waals surface area contributed by atoms with Gasteiger partial charge in [-0.2, -0.15) is 9.83 Å². The Balaban J connectivity index is 0.00000280. The first-order chi connectivity index (χ1) is 13.1. The van der Waals surface area contributed by atoms with E-state index in [1.165, 1.54) is 0 Å². The average molecular weight is 399 g/mol. The molecule has 1 fully saturated rings. The predicted octanol–water partition coefficient (Wildman–Crippen LogP) is -1.05. The standard InChI is InChI=1S/C21H22N4O2.ClH/c1-3-24(4-2)16-10-8-15(9-11-16)18-17(14-22)20(26)23-21(27)19(18)25-12-6-5-7-13-25;/h5-13,17-19H,3-4H2,1-2H3;1H. The van der Waals surface area contributed by atoms with Gasteiger partial charge in [0.05, 0.1) is 12.0 Å². The summed E-state index contributed by atoms with van der Waals surface area (Å²) in [5.74, 6) is -2.40. The molecule has 0 aliphatic carbocycles. The molecule has 3 atom stereocenters. The van der Waals surface area contributed by atoms with Crippen molar-refractivity contribution in [2.75, 3.05) is 18.0 Å². The maximum atomic E-state index is 12.6. The average Bonchev–Trinajstić information content (AvgIpc) is 2.69. The number of hydrogen-bond donors (Lipinski definition) is 1. The second-order valence-electron chi connectivity index (χ2n) is 6.52. The number of benzene rings is 1. The molecule has 2 amide bonds. The Kier molecular flexibility index (Phi) is 7.13. The second-order valence-corrected chi connectivity index (χ2v) is 6.52. The maximum absolute atomic E-state index is 12.6. The van der Waals surface area contributed by atoms with Gasteiger partial charge in [0, 0.05) is 30.9 Å². The summed E-state index contributed by atoms with van der Waals surface area (Å²) in [6.07, 6.45) is 3.57. The quantitative estimate of drug-likeness (QED) is 0.515. The summed E-state index contributed by atoms with van der Waals surface area (Å²) < 4.78 is 1.76. The monoisotopic (exact) mass is 398 g/mol. The zero-order chi connectivity index (χ0) is 19.4. The number of piperidine rings is 1. The van der Waals surface area contributed by atoms with E-state index in [9.17, 15) is 14.9 Å². The van der Waals surface area contributed by atoms with Crippen molar-refractivity contribution in [1.29, 1.82) is 5.26 Å². The van der Waals surface area contributed by atoms with Crippen LogP contribution in [0.25, 0.3) is 0 Å². The molecule has 0 saturated carbocycles. The number of nitrogens with one attached hydrogen (secondary N) is 1. The molecule has 146 valence electrons. The number of nitrogens with zero attached hydrogens (tertiary/aromatic N) is 3. The zero-order valence-corrected chi connectivity index (χ0v) is 16.6. The number of rotatable bonds is 5. The largest absolute Gasteiger partial charge is 1.00 e. The van der Waals surface area contributed by atoms with Crippen LogP contribution in [0.5, 0.6) is 0 Å². The Morgan fingerprint density at radius 3 is 2.18 bits per heavy atom. The van der Waals surface area contributed by atoms with Gasteiger partial charge in [-0.3, -0.25) is 14.9 Å². The van der Waals surface area contributed by atoms with Gasteiger partial charge in [0.25, 0.3) is 5.91 Å². The summed E-state index contributed by atoms with van der Waals surface area (Å²) in [4.78, 5) is 27.2. The fourth-order valence-electron chi connectivity index (χ4n) is 3.71. The molecule has 0 spiro atoms. The molecule has 0 bridgehead atoms. The molecule has 2 heterocycles. The van der Waals surface area contributed by atoms with Crippen molar-refractivity contribution < 1.29 is 26.6 Å². The zero-order valence-electron chi connectivity index (χ0n) is 15.9. The molecule has 1 N–H and O–H groups in total. The van der Waals surface area contributed by atoms with Crippen LogP contribution in [0.1, 0.15) is 31.4 Å². The van der Waals surface area contributed by atoms with Crippen LogP contribution in [-0.4, -0.2) is 24.9 Å². The van der Waals surface area contributed by atoms with Gasteiger partial charge in [-0.15, -0.1) is 0 Å². The van der Waals surface area contributed by atoms with Crippen molar-refractivity contribution in [1.82, 2.24) is 5.32 Å². The lowest BCUT2D eigenvalue weighted by Crippen LogP contribution is -3.00. The lowest BCUT2D eigenvalue weighted by atomic mass is 9.77. The number of pyridine rings is 1. The highest BCUT2D eigenvalue weighted by Crippen LogP contribution is 2.36. The maximum Gasteiger partial charge on any atom is 0.296 e.